The normalized spacial score (nSPS) is 10.2. The number of anilines is 1. The molecule has 0 fully saturated rings. The molecule has 180 valence electrons. The van der Waals surface area contributed by atoms with Gasteiger partial charge in [0.1, 0.15) is 0 Å². The first-order valence-corrected chi connectivity index (χ1v) is 12.4. The van der Waals surface area contributed by atoms with Gasteiger partial charge in [-0.1, -0.05) is 103 Å². The number of aromatic carboxylic acids is 2. The van der Waals surface area contributed by atoms with E-state index in [2.05, 4.69) is 12.2 Å². The van der Waals surface area contributed by atoms with E-state index >= 15 is 0 Å². The van der Waals surface area contributed by atoms with E-state index in [1.165, 1.54) is 102 Å². The van der Waals surface area contributed by atoms with Crippen LogP contribution in [0, 0.1) is 0 Å². The van der Waals surface area contributed by atoms with E-state index in [-0.39, 0.29) is 73.1 Å². The van der Waals surface area contributed by atoms with Gasteiger partial charge in [0.15, 0.2) is 0 Å². The van der Waals surface area contributed by atoms with Crippen LogP contribution in [0.4, 0.5) is 5.69 Å². The van der Waals surface area contributed by atoms with Crippen molar-refractivity contribution in [2.45, 2.75) is 110 Å². The van der Waals surface area contributed by atoms with Crippen LogP contribution in [0.1, 0.15) is 133 Å². The zero-order chi connectivity index (χ0) is 22.7. The molecule has 0 aromatic heterocycles. The molecule has 0 aliphatic rings. The fourth-order valence-electron chi connectivity index (χ4n) is 3.92. The predicted molar refractivity (Wildman–Crippen MR) is 131 cm³/mol. The van der Waals surface area contributed by atoms with Gasteiger partial charge < -0.3 is 18.4 Å². The summed E-state index contributed by atoms with van der Waals surface area (Å²) in [5, 5.41) is 21.4. The molecule has 0 atom stereocenters. The molecule has 3 N–H and O–H groups in total. The quantitative estimate of drug-likeness (QED) is 0.196. The summed E-state index contributed by atoms with van der Waals surface area (Å²) in [6.45, 7) is 3.04. The molecule has 5 nitrogen and oxygen atoms in total. The number of rotatable bonds is 20. The smallest absolute Gasteiger partial charge is 1.00 e. The van der Waals surface area contributed by atoms with Gasteiger partial charge in [-0.05, 0) is 24.6 Å². The maximum atomic E-state index is 11.2. The molecule has 0 bridgehead atoms. The first-order chi connectivity index (χ1) is 15.1. The molecule has 1 rings (SSSR count). The van der Waals surface area contributed by atoms with Crippen molar-refractivity contribution >= 4 is 17.6 Å². The SMILES string of the molecule is CCCCCCCCCCCCCCCCCCNc1ccc(C(=O)O)c(C(=O)O)c1.[H-].[H-].[Na+].[Na+]. The molecule has 0 saturated heterocycles. The average Bonchev–Trinajstić information content (AvgIpc) is 2.75. The van der Waals surface area contributed by atoms with Gasteiger partial charge in [-0.3, -0.25) is 0 Å². The minimum atomic E-state index is -1.22. The van der Waals surface area contributed by atoms with Crippen LogP contribution in [-0.4, -0.2) is 28.7 Å². The number of carbonyl (C=O) groups is 2. The molecule has 33 heavy (non-hydrogen) atoms. The van der Waals surface area contributed by atoms with Crippen LogP contribution in [0.2, 0.25) is 0 Å². The van der Waals surface area contributed by atoms with Crippen molar-refractivity contribution in [3.63, 3.8) is 0 Å². The summed E-state index contributed by atoms with van der Waals surface area (Å²) in [7, 11) is 0. The summed E-state index contributed by atoms with van der Waals surface area (Å²) >= 11 is 0. The van der Waals surface area contributed by atoms with E-state index in [0.717, 1.165) is 19.4 Å². The summed E-state index contributed by atoms with van der Waals surface area (Å²) in [4.78, 5) is 22.3. The summed E-state index contributed by atoms with van der Waals surface area (Å²) in [6, 6.07) is 4.38. The molecule has 0 aliphatic heterocycles. The van der Waals surface area contributed by atoms with E-state index in [1.807, 2.05) is 0 Å². The summed E-state index contributed by atoms with van der Waals surface area (Å²) in [5.41, 5.74) is 0.299. The van der Waals surface area contributed by atoms with Gasteiger partial charge in [0.05, 0.1) is 11.1 Å². The Morgan fingerprint density at radius 1 is 0.667 bits per heavy atom. The van der Waals surface area contributed by atoms with Crippen molar-refractivity contribution in [3.05, 3.63) is 29.3 Å². The third-order valence-corrected chi connectivity index (χ3v) is 5.84. The fourth-order valence-corrected chi connectivity index (χ4v) is 3.92. The van der Waals surface area contributed by atoms with Crippen molar-refractivity contribution in [1.29, 1.82) is 0 Å². The Kier molecular flexibility index (Phi) is 25.2. The van der Waals surface area contributed by atoms with Gasteiger partial charge in [0.2, 0.25) is 0 Å². The Hall–Kier alpha value is -0.0400. The van der Waals surface area contributed by atoms with E-state index < -0.39 is 11.9 Å². The van der Waals surface area contributed by atoms with Crippen molar-refractivity contribution in [1.82, 2.24) is 0 Å². The zero-order valence-corrected chi connectivity index (χ0v) is 25.5. The number of carboxylic acids is 2. The molecular formula is C26H45NNa2O4. The number of hydrogen-bond donors (Lipinski definition) is 3. The maximum absolute atomic E-state index is 11.2. The van der Waals surface area contributed by atoms with Crippen molar-refractivity contribution in [2.75, 3.05) is 11.9 Å². The minimum Gasteiger partial charge on any atom is -1.00 e. The van der Waals surface area contributed by atoms with Gasteiger partial charge in [0.25, 0.3) is 0 Å². The maximum Gasteiger partial charge on any atom is 1.00 e. The minimum absolute atomic E-state index is 0. The van der Waals surface area contributed by atoms with Gasteiger partial charge in [-0.2, -0.15) is 0 Å². The first-order valence-electron chi connectivity index (χ1n) is 12.4. The topological polar surface area (TPSA) is 86.6 Å². The second-order valence-corrected chi connectivity index (χ2v) is 8.60. The summed E-state index contributed by atoms with van der Waals surface area (Å²) < 4.78 is 0. The molecule has 1 aromatic rings. The molecule has 0 radical (unpaired) electrons. The number of unbranched alkanes of at least 4 members (excludes halogenated alkanes) is 15. The van der Waals surface area contributed by atoms with Crippen LogP contribution in [0.25, 0.3) is 0 Å². The van der Waals surface area contributed by atoms with Crippen LogP contribution in [-0.2, 0) is 0 Å². The van der Waals surface area contributed by atoms with E-state index in [9.17, 15) is 9.59 Å². The Morgan fingerprint density at radius 2 is 1.06 bits per heavy atom. The van der Waals surface area contributed by atoms with Crippen LogP contribution in [0.5, 0.6) is 0 Å². The largest absolute Gasteiger partial charge is 1.00 e. The molecular weight excluding hydrogens is 436 g/mol. The van der Waals surface area contributed by atoms with Crippen molar-refractivity contribution < 1.29 is 81.8 Å². The van der Waals surface area contributed by atoms with Crippen LogP contribution in [0.15, 0.2) is 18.2 Å². The molecule has 0 aliphatic carbocycles. The zero-order valence-electron chi connectivity index (χ0n) is 23.5. The number of carboxylic acid groups (broad SMARTS) is 2. The Bertz CT molecular complexity index is 652. The molecule has 0 saturated carbocycles. The fraction of sp³-hybridized carbons (Fsp3) is 0.692. The molecule has 0 unspecified atom stereocenters. The summed E-state index contributed by atoms with van der Waals surface area (Å²) in [5.74, 6) is -2.44. The number of benzene rings is 1. The third kappa shape index (κ3) is 18.0. The molecule has 0 spiro atoms. The first kappa shape index (κ1) is 35.1. The molecule has 0 amide bonds. The van der Waals surface area contributed by atoms with Gasteiger partial charge in [-0.25, -0.2) is 9.59 Å². The van der Waals surface area contributed by atoms with Crippen molar-refractivity contribution in [2.24, 2.45) is 0 Å². The van der Waals surface area contributed by atoms with Gasteiger partial charge in [0, 0.05) is 12.2 Å². The third-order valence-electron chi connectivity index (χ3n) is 5.84. The Balaban J connectivity index is -0.00000120. The predicted octanol–water partition coefficient (Wildman–Crippen LogP) is 1.99. The van der Waals surface area contributed by atoms with Gasteiger partial charge >= 0.3 is 71.1 Å². The standard InChI is InChI=1S/C26H43NO4.2Na.2H/c1-2-3-4-5-6-7-8-9-10-11-12-13-14-15-16-17-20-27-22-18-19-23(25(28)29)24(21-22)26(30)31;;;;/h18-19,21,27H,2-17,20H2,1H3,(H,28,29)(H,30,31);;;;/q;2*+1;2*-1. The van der Waals surface area contributed by atoms with Gasteiger partial charge in [-0.15, -0.1) is 0 Å². The molecule has 0 heterocycles. The number of nitrogens with one attached hydrogen (secondary N) is 1. The van der Waals surface area contributed by atoms with Crippen LogP contribution < -0.4 is 64.4 Å². The Morgan fingerprint density at radius 3 is 1.45 bits per heavy atom. The number of hydrogen-bond acceptors (Lipinski definition) is 3. The van der Waals surface area contributed by atoms with Crippen LogP contribution in [0.3, 0.4) is 0 Å². The molecule has 1 aromatic carbocycles. The van der Waals surface area contributed by atoms with E-state index in [0.29, 0.717) is 5.69 Å². The average molecular weight is 482 g/mol. The van der Waals surface area contributed by atoms with E-state index in [4.69, 9.17) is 10.2 Å². The van der Waals surface area contributed by atoms with E-state index in [1.54, 1.807) is 6.07 Å². The monoisotopic (exact) mass is 481 g/mol. The van der Waals surface area contributed by atoms with Crippen LogP contribution >= 0.6 is 0 Å². The van der Waals surface area contributed by atoms with Crippen molar-refractivity contribution in [3.8, 4) is 0 Å². The second-order valence-electron chi connectivity index (χ2n) is 8.60. The second kappa shape index (κ2) is 23.7. The Labute approximate surface area is 248 Å². The molecule has 7 heteroatoms. The summed E-state index contributed by atoms with van der Waals surface area (Å²) in [6.07, 6.45) is 21.3.